The van der Waals surface area contributed by atoms with Crippen LogP contribution in [0.4, 0.5) is 0 Å². The smallest absolute Gasteiger partial charge is 0.251 e. The van der Waals surface area contributed by atoms with Crippen LogP contribution in [0.2, 0.25) is 0 Å². The lowest BCUT2D eigenvalue weighted by Crippen LogP contribution is -2.35. The third-order valence-corrected chi connectivity index (χ3v) is 5.05. The number of carbonyl (C=O) groups is 1. The molecule has 5 nitrogen and oxygen atoms in total. The molecule has 2 rings (SSSR count). The number of nitrogens with one attached hydrogen (secondary N) is 1. The first kappa shape index (κ1) is 16.0. The molecular weight excluding hydrogens is 288 g/mol. The summed E-state index contributed by atoms with van der Waals surface area (Å²) in [6.45, 7) is 0.625. The monoisotopic (exact) mass is 310 g/mol. The summed E-state index contributed by atoms with van der Waals surface area (Å²) >= 11 is 0. The van der Waals surface area contributed by atoms with Crippen LogP contribution in [0, 0.1) is 5.92 Å². The largest absolute Gasteiger partial charge is 0.352 e. The van der Waals surface area contributed by atoms with Gasteiger partial charge in [-0.15, -0.1) is 0 Å². The van der Waals surface area contributed by atoms with Crippen molar-refractivity contribution in [2.45, 2.75) is 36.6 Å². The molecule has 0 bridgehead atoms. The lowest BCUT2D eigenvalue weighted by atomic mass is 9.86. The second-order valence-corrected chi connectivity index (χ2v) is 7.82. The molecule has 1 saturated carbocycles. The van der Waals surface area contributed by atoms with Gasteiger partial charge in [0.1, 0.15) is 0 Å². The van der Waals surface area contributed by atoms with Gasteiger partial charge in [-0.05, 0) is 49.4 Å². The van der Waals surface area contributed by atoms with Gasteiger partial charge in [0.25, 0.3) is 5.91 Å². The van der Waals surface area contributed by atoms with E-state index in [-0.39, 0.29) is 16.8 Å². The third kappa shape index (κ3) is 4.54. The normalized spacial score (nSPS) is 22.8. The summed E-state index contributed by atoms with van der Waals surface area (Å²) in [4.78, 5) is 12.3. The second kappa shape index (κ2) is 6.58. The van der Waals surface area contributed by atoms with Crippen molar-refractivity contribution in [2.24, 2.45) is 11.7 Å². The summed E-state index contributed by atoms with van der Waals surface area (Å²) in [6, 6.07) is 6.24. The van der Waals surface area contributed by atoms with Crippen molar-refractivity contribution in [3.63, 3.8) is 0 Å². The summed E-state index contributed by atoms with van der Waals surface area (Å²) in [5.74, 6) is 0.266. The fourth-order valence-corrected chi connectivity index (χ4v) is 3.34. The van der Waals surface area contributed by atoms with Crippen LogP contribution in [-0.2, 0) is 9.84 Å². The Morgan fingerprint density at radius 2 is 1.95 bits per heavy atom. The molecule has 1 aromatic rings. The third-order valence-electron chi connectivity index (χ3n) is 3.92. The van der Waals surface area contributed by atoms with Crippen LogP contribution >= 0.6 is 0 Å². The van der Waals surface area contributed by atoms with Gasteiger partial charge in [-0.25, -0.2) is 8.42 Å². The van der Waals surface area contributed by atoms with Crippen LogP contribution < -0.4 is 11.1 Å². The average Bonchev–Trinajstić information content (AvgIpc) is 2.44. The Hall–Kier alpha value is -1.40. The van der Waals surface area contributed by atoms with Crippen LogP contribution in [0.1, 0.15) is 36.0 Å². The van der Waals surface area contributed by atoms with E-state index in [1.54, 1.807) is 12.1 Å². The maximum absolute atomic E-state index is 12.0. The highest BCUT2D eigenvalue weighted by Crippen LogP contribution is 2.22. The molecule has 0 aromatic heterocycles. The average molecular weight is 310 g/mol. The van der Waals surface area contributed by atoms with Crippen LogP contribution in [0.3, 0.4) is 0 Å². The SMILES string of the molecule is CS(=O)(=O)c1ccc(C(=O)NCC2CCCC(N)C2)cc1. The van der Waals surface area contributed by atoms with E-state index in [4.69, 9.17) is 5.73 Å². The van der Waals surface area contributed by atoms with E-state index in [0.29, 0.717) is 18.0 Å². The van der Waals surface area contributed by atoms with E-state index in [9.17, 15) is 13.2 Å². The predicted molar refractivity (Wildman–Crippen MR) is 81.8 cm³/mol. The summed E-state index contributed by atoms with van der Waals surface area (Å²) in [6.07, 6.45) is 5.38. The van der Waals surface area contributed by atoms with Gasteiger partial charge in [-0.2, -0.15) is 0 Å². The molecule has 1 amide bonds. The summed E-state index contributed by atoms with van der Waals surface area (Å²) < 4.78 is 22.7. The highest BCUT2D eigenvalue weighted by Gasteiger charge is 2.20. The Labute approximate surface area is 125 Å². The van der Waals surface area contributed by atoms with E-state index >= 15 is 0 Å². The first-order valence-electron chi connectivity index (χ1n) is 7.20. The molecular formula is C15H22N2O3S. The van der Waals surface area contributed by atoms with Crippen molar-refractivity contribution in [1.82, 2.24) is 5.32 Å². The first-order chi connectivity index (χ1) is 9.86. The fourth-order valence-electron chi connectivity index (χ4n) is 2.71. The Bertz CT molecular complexity index is 596. The maximum atomic E-state index is 12.0. The quantitative estimate of drug-likeness (QED) is 0.878. The minimum Gasteiger partial charge on any atom is -0.352 e. The fraction of sp³-hybridized carbons (Fsp3) is 0.533. The van der Waals surface area contributed by atoms with Crippen LogP contribution in [0.15, 0.2) is 29.2 Å². The molecule has 1 aliphatic rings. The van der Waals surface area contributed by atoms with Gasteiger partial charge < -0.3 is 11.1 Å². The molecule has 0 radical (unpaired) electrons. The number of carbonyl (C=O) groups excluding carboxylic acids is 1. The lowest BCUT2D eigenvalue weighted by molar-refractivity contribution is 0.0942. The van der Waals surface area contributed by atoms with Gasteiger partial charge in [-0.1, -0.05) is 6.42 Å². The summed E-state index contributed by atoms with van der Waals surface area (Å²) in [7, 11) is -3.23. The Balaban J connectivity index is 1.91. The number of sulfone groups is 1. The highest BCUT2D eigenvalue weighted by atomic mass is 32.2. The van der Waals surface area contributed by atoms with Crippen molar-refractivity contribution in [3.8, 4) is 0 Å². The van der Waals surface area contributed by atoms with Crippen molar-refractivity contribution in [1.29, 1.82) is 0 Å². The Morgan fingerprint density at radius 1 is 1.29 bits per heavy atom. The van der Waals surface area contributed by atoms with E-state index in [1.165, 1.54) is 12.1 Å². The summed E-state index contributed by atoms with van der Waals surface area (Å²) in [5.41, 5.74) is 6.40. The van der Waals surface area contributed by atoms with Crippen molar-refractivity contribution in [2.75, 3.05) is 12.8 Å². The lowest BCUT2D eigenvalue weighted by Gasteiger charge is -2.26. The molecule has 1 aromatic carbocycles. The molecule has 1 aliphatic carbocycles. The number of benzene rings is 1. The van der Waals surface area contributed by atoms with E-state index < -0.39 is 9.84 Å². The van der Waals surface area contributed by atoms with Gasteiger partial charge in [0.05, 0.1) is 4.90 Å². The van der Waals surface area contributed by atoms with Crippen molar-refractivity contribution >= 4 is 15.7 Å². The van der Waals surface area contributed by atoms with Gasteiger partial charge in [-0.3, -0.25) is 4.79 Å². The zero-order valence-electron chi connectivity index (χ0n) is 12.2. The molecule has 6 heteroatoms. The predicted octanol–water partition coefficient (Wildman–Crippen LogP) is 1.34. The number of hydrogen-bond donors (Lipinski definition) is 2. The molecule has 0 saturated heterocycles. The van der Waals surface area contributed by atoms with Crippen LogP contribution in [0.25, 0.3) is 0 Å². The van der Waals surface area contributed by atoms with Crippen molar-refractivity contribution < 1.29 is 13.2 Å². The molecule has 21 heavy (non-hydrogen) atoms. The van der Waals surface area contributed by atoms with Crippen LogP contribution in [-0.4, -0.2) is 33.2 Å². The zero-order valence-corrected chi connectivity index (χ0v) is 13.0. The molecule has 116 valence electrons. The minimum atomic E-state index is -3.23. The molecule has 0 spiro atoms. The van der Waals surface area contributed by atoms with E-state index in [1.807, 2.05) is 0 Å². The molecule has 2 atom stereocenters. The molecule has 3 N–H and O–H groups in total. The second-order valence-electron chi connectivity index (χ2n) is 5.80. The number of rotatable bonds is 4. The number of amides is 1. The summed E-state index contributed by atoms with van der Waals surface area (Å²) in [5, 5.41) is 2.90. The Morgan fingerprint density at radius 3 is 2.52 bits per heavy atom. The van der Waals surface area contributed by atoms with Gasteiger partial charge in [0.2, 0.25) is 0 Å². The molecule has 1 fully saturated rings. The first-order valence-corrected chi connectivity index (χ1v) is 9.09. The van der Waals surface area contributed by atoms with Crippen LogP contribution in [0.5, 0.6) is 0 Å². The van der Waals surface area contributed by atoms with Crippen molar-refractivity contribution in [3.05, 3.63) is 29.8 Å². The Kier molecular flexibility index (Phi) is 5.00. The van der Waals surface area contributed by atoms with Gasteiger partial charge in [0, 0.05) is 24.4 Å². The number of nitrogens with two attached hydrogens (primary N) is 1. The molecule has 2 unspecified atom stereocenters. The maximum Gasteiger partial charge on any atom is 0.251 e. The highest BCUT2D eigenvalue weighted by molar-refractivity contribution is 7.90. The standard InChI is InChI=1S/C15H22N2O3S/c1-21(19,20)14-7-5-12(6-8-14)15(18)17-10-11-3-2-4-13(16)9-11/h5-8,11,13H,2-4,9-10,16H2,1H3,(H,17,18). The molecule has 0 aliphatic heterocycles. The van der Waals surface area contributed by atoms with Gasteiger partial charge >= 0.3 is 0 Å². The minimum absolute atomic E-state index is 0.172. The van der Waals surface area contributed by atoms with Gasteiger partial charge in [0.15, 0.2) is 9.84 Å². The van der Waals surface area contributed by atoms with E-state index in [2.05, 4.69) is 5.32 Å². The topological polar surface area (TPSA) is 89.3 Å². The molecule has 0 heterocycles. The zero-order chi connectivity index (χ0) is 15.5. The number of hydrogen-bond acceptors (Lipinski definition) is 4. The van der Waals surface area contributed by atoms with E-state index in [0.717, 1.165) is 31.9 Å².